The highest BCUT2D eigenvalue weighted by atomic mass is 15.3. The fraction of sp³-hybridized carbons (Fsp3) is 0.222. The number of nitrogens with zero attached hydrogens (tertiary/aromatic N) is 3. The number of hydrogen-bond donors (Lipinski definition) is 0. The highest BCUT2D eigenvalue weighted by Crippen LogP contribution is 2.04. The lowest BCUT2D eigenvalue weighted by atomic mass is 10.1. The Hall–Kier alpha value is -1.51. The van der Waals surface area contributed by atoms with Crippen molar-refractivity contribution in [3.05, 3.63) is 42.8 Å². The average molecular weight is 160 g/mol. The van der Waals surface area contributed by atoms with Crippen molar-refractivity contribution in [1.29, 1.82) is 0 Å². The van der Waals surface area contributed by atoms with Gasteiger partial charge in [-0.3, -0.25) is 0 Å². The number of rotatable bonds is 4. The van der Waals surface area contributed by atoms with Crippen LogP contribution in [0.1, 0.15) is 11.3 Å². The lowest BCUT2D eigenvalue weighted by Crippen LogP contribution is -2.00. The average Bonchev–Trinajstić information content (AvgIpc) is 2.09. The molecule has 0 spiro atoms. The zero-order valence-electron chi connectivity index (χ0n) is 6.82. The molecule has 61 valence electrons. The van der Waals surface area contributed by atoms with E-state index in [1.54, 1.807) is 12.2 Å². The fourth-order valence-corrected chi connectivity index (χ4v) is 0.892. The van der Waals surface area contributed by atoms with Gasteiger partial charge in [-0.1, -0.05) is 12.2 Å². The SMILES string of the molecule is C=CCc1[c]nnnc1CC=C. The molecule has 1 heterocycles. The summed E-state index contributed by atoms with van der Waals surface area (Å²) >= 11 is 0. The largest absolute Gasteiger partial charge is 0.135 e. The monoisotopic (exact) mass is 160 g/mol. The van der Waals surface area contributed by atoms with E-state index < -0.39 is 0 Å². The molecule has 3 nitrogen and oxygen atoms in total. The molecule has 1 aromatic heterocycles. The number of allylic oxidation sites excluding steroid dienone is 2. The van der Waals surface area contributed by atoms with Crippen LogP contribution in [0.5, 0.6) is 0 Å². The molecule has 0 unspecified atom stereocenters. The summed E-state index contributed by atoms with van der Waals surface area (Å²) in [5.74, 6) is 0. The smallest absolute Gasteiger partial charge is 0.121 e. The summed E-state index contributed by atoms with van der Waals surface area (Å²) in [6.07, 6.45) is 7.79. The van der Waals surface area contributed by atoms with Gasteiger partial charge in [0.15, 0.2) is 0 Å². The van der Waals surface area contributed by atoms with Gasteiger partial charge in [0.25, 0.3) is 0 Å². The van der Waals surface area contributed by atoms with E-state index in [0.717, 1.165) is 17.7 Å². The van der Waals surface area contributed by atoms with Crippen LogP contribution >= 0.6 is 0 Å². The van der Waals surface area contributed by atoms with Crippen LogP contribution in [0.2, 0.25) is 0 Å². The second kappa shape index (κ2) is 4.38. The first kappa shape index (κ1) is 8.59. The Morgan fingerprint density at radius 2 is 2.00 bits per heavy atom. The Morgan fingerprint density at radius 1 is 1.25 bits per heavy atom. The van der Waals surface area contributed by atoms with Gasteiger partial charge >= 0.3 is 0 Å². The molecular formula is C9H10N3. The van der Waals surface area contributed by atoms with Gasteiger partial charge in [0.05, 0.1) is 5.69 Å². The molecule has 3 heteroatoms. The number of aromatic nitrogens is 3. The maximum Gasteiger partial charge on any atom is 0.121 e. The summed E-state index contributed by atoms with van der Waals surface area (Å²) in [6, 6.07) is 0. The lowest BCUT2D eigenvalue weighted by Gasteiger charge is -1.99. The van der Waals surface area contributed by atoms with Crippen LogP contribution in [-0.2, 0) is 12.8 Å². The van der Waals surface area contributed by atoms with Crippen molar-refractivity contribution < 1.29 is 0 Å². The molecule has 0 aliphatic rings. The molecule has 1 radical (unpaired) electrons. The first-order chi connectivity index (χ1) is 5.88. The standard InChI is InChI=1S/C9H10N3/c1-3-5-8-7-10-12-11-9(8)6-4-2/h3-4H,1-2,5-6H2. The van der Waals surface area contributed by atoms with E-state index in [0.29, 0.717) is 6.42 Å². The minimum Gasteiger partial charge on any atom is -0.135 e. The van der Waals surface area contributed by atoms with Crippen molar-refractivity contribution in [2.75, 3.05) is 0 Å². The van der Waals surface area contributed by atoms with Crippen molar-refractivity contribution in [2.45, 2.75) is 12.8 Å². The molecule has 0 bridgehead atoms. The van der Waals surface area contributed by atoms with E-state index >= 15 is 0 Å². The zero-order valence-corrected chi connectivity index (χ0v) is 6.82. The first-order valence-corrected chi connectivity index (χ1v) is 3.69. The Labute approximate surface area is 71.8 Å². The van der Waals surface area contributed by atoms with Crippen molar-refractivity contribution in [2.24, 2.45) is 0 Å². The van der Waals surface area contributed by atoms with Gasteiger partial charge in [-0.15, -0.1) is 23.4 Å². The van der Waals surface area contributed by atoms with Gasteiger partial charge < -0.3 is 0 Å². The number of hydrogen-bond acceptors (Lipinski definition) is 3. The van der Waals surface area contributed by atoms with Crippen molar-refractivity contribution in [3.8, 4) is 0 Å². The summed E-state index contributed by atoms with van der Waals surface area (Å²) in [4.78, 5) is 0. The van der Waals surface area contributed by atoms with E-state index in [2.05, 4.69) is 34.8 Å². The van der Waals surface area contributed by atoms with Crippen LogP contribution in [0.3, 0.4) is 0 Å². The van der Waals surface area contributed by atoms with Gasteiger partial charge in [-0.25, -0.2) is 0 Å². The molecular weight excluding hydrogens is 150 g/mol. The molecule has 0 aromatic carbocycles. The maximum atomic E-state index is 3.88. The van der Waals surface area contributed by atoms with E-state index in [4.69, 9.17) is 0 Å². The van der Waals surface area contributed by atoms with Gasteiger partial charge in [0.2, 0.25) is 0 Å². The lowest BCUT2D eigenvalue weighted by molar-refractivity contribution is 0.799. The third-order valence-electron chi connectivity index (χ3n) is 1.43. The Bertz CT molecular complexity index is 252. The second-order valence-corrected chi connectivity index (χ2v) is 2.31. The summed E-state index contributed by atoms with van der Waals surface area (Å²) < 4.78 is 0. The topological polar surface area (TPSA) is 38.7 Å². The van der Waals surface area contributed by atoms with E-state index in [-0.39, 0.29) is 0 Å². The summed E-state index contributed by atoms with van der Waals surface area (Å²) in [5.41, 5.74) is 1.82. The molecule has 0 amide bonds. The predicted octanol–water partition coefficient (Wildman–Crippen LogP) is 1.13. The third-order valence-corrected chi connectivity index (χ3v) is 1.43. The fourth-order valence-electron chi connectivity index (χ4n) is 0.892. The van der Waals surface area contributed by atoms with Crippen molar-refractivity contribution in [1.82, 2.24) is 15.4 Å². The molecule has 0 aliphatic heterocycles. The molecule has 0 saturated heterocycles. The van der Waals surface area contributed by atoms with Crippen LogP contribution in [0, 0.1) is 6.20 Å². The van der Waals surface area contributed by atoms with Crippen LogP contribution in [-0.4, -0.2) is 15.4 Å². The van der Waals surface area contributed by atoms with Crippen molar-refractivity contribution >= 4 is 0 Å². The van der Waals surface area contributed by atoms with Gasteiger partial charge in [0, 0.05) is 12.0 Å². The van der Waals surface area contributed by atoms with E-state index in [1.807, 2.05) is 0 Å². The molecule has 0 aliphatic carbocycles. The summed E-state index contributed by atoms with van der Waals surface area (Å²) in [7, 11) is 0. The maximum absolute atomic E-state index is 3.88. The van der Waals surface area contributed by atoms with Gasteiger partial charge in [-0.2, -0.15) is 0 Å². The molecule has 0 N–H and O–H groups in total. The van der Waals surface area contributed by atoms with Crippen LogP contribution in [0.4, 0.5) is 0 Å². The second-order valence-electron chi connectivity index (χ2n) is 2.31. The molecule has 0 saturated carbocycles. The quantitative estimate of drug-likeness (QED) is 0.620. The Balaban J connectivity index is 2.90. The Morgan fingerprint density at radius 3 is 2.67 bits per heavy atom. The zero-order chi connectivity index (χ0) is 8.81. The predicted molar refractivity (Wildman–Crippen MR) is 46.5 cm³/mol. The van der Waals surface area contributed by atoms with Crippen LogP contribution < -0.4 is 0 Å². The highest BCUT2D eigenvalue weighted by Gasteiger charge is 2.00. The van der Waals surface area contributed by atoms with E-state index in [1.165, 1.54) is 0 Å². The van der Waals surface area contributed by atoms with Gasteiger partial charge in [0.1, 0.15) is 6.20 Å². The summed E-state index contributed by atoms with van der Waals surface area (Å²) in [5, 5.41) is 11.0. The normalized spacial score (nSPS) is 9.33. The Kier molecular flexibility index (Phi) is 3.14. The first-order valence-electron chi connectivity index (χ1n) is 3.69. The van der Waals surface area contributed by atoms with Crippen LogP contribution in [0.15, 0.2) is 25.3 Å². The minimum atomic E-state index is 0.704. The third kappa shape index (κ3) is 1.99. The minimum absolute atomic E-state index is 0.704. The van der Waals surface area contributed by atoms with Crippen molar-refractivity contribution in [3.63, 3.8) is 0 Å². The molecule has 1 rings (SSSR count). The van der Waals surface area contributed by atoms with Crippen LogP contribution in [0.25, 0.3) is 0 Å². The van der Waals surface area contributed by atoms with E-state index in [9.17, 15) is 0 Å². The van der Waals surface area contributed by atoms with Gasteiger partial charge in [-0.05, 0) is 11.6 Å². The molecule has 12 heavy (non-hydrogen) atoms. The molecule has 1 aromatic rings. The highest BCUT2D eigenvalue weighted by molar-refractivity contribution is 5.18. The molecule has 0 atom stereocenters. The molecule has 0 fully saturated rings. The summed E-state index contributed by atoms with van der Waals surface area (Å²) in [6.45, 7) is 7.26.